The minimum absolute atomic E-state index is 0.00769. The Morgan fingerprint density at radius 2 is 2.25 bits per heavy atom. The third-order valence-corrected chi connectivity index (χ3v) is 1.94. The Bertz CT molecular complexity index is 130. The molecule has 0 aromatic heterocycles. The molecule has 0 aliphatic rings. The fraction of sp³-hybridized carbons (Fsp3) is 0.875. The van der Waals surface area contributed by atoms with Crippen LogP contribution in [-0.2, 0) is 4.79 Å². The number of carbonyl (C=O) groups excluding carboxylic acids is 1. The number of thiol groups is 1. The van der Waals surface area contributed by atoms with Crippen LogP contribution in [0.5, 0.6) is 0 Å². The summed E-state index contributed by atoms with van der Waals surface area (Å²) in [5.41, 5.74) is 5.50. The van der Waals surface area contributed by atoms with Crippen molar-refractivity contribution in [3.8, 4) is 0 Å². The van der Waals surface area contributed by atoms with Gasteiger partial charge in [-0.2, -0.15) is 12.6 Å². The maximum atomic E-state index is 10.9. The minimum atomic E-state index is 0.00769. The van der Waals surface area contributed by atoms with Gasteiger partial charge in [-0.25, -0.2) is 5.43 Å². The molecule has 1 unspecified atom stereocenters. The number of carbonyl (C=O) groups is 1. The van der Waals surface area contributed by atoms with Gasteiger partial charge in [0.25, 0.3) is 0 Å². The molecule has 0 heterocycles. The van der Waals surface area contributed by atoms with Crippen LogP contribution in [-0.4, -0.2) is 18.2 Å². The van der Waals surface area contributed by atoms with Gasteiger partial charge in [-0.3, -0.25) is 10.2 Å². The van der Waals surface area contributed by atoms with Crippen LogP contribution in [0, 0.1) is 5.92 Å². The lowest BCUT2D eigenvalue weighted by atomic mass is 10.1. The average Bonchev–Trinajstić information content (AvgIpc) is 2.04. The Morgan fingerprint density at radius 1 is 1.58 bits per heavy atom. The standard InChI is InChI=1S/C8H18N2OS/c1-3-7(2)6-9-10-8(11)4-5-12/h7,9,12H,3-6H2,1-2H3,(H,10,11). The number of hydrazine groups is 1. The third kappa shape index (κ3) is 6.49. The van der Waals surface area contributed by atoms with Crippen molar-refractivity contribution in [2.75, 3.05) is 12.3 Å². The highest BCUT2D eigenvalue weighted by molar-refractivity contribution is 7.80. The molecule has 0 fully saturated rings. The third-order valence-electron chi connectivity index (χ3n) is 1.71. The number of hydrogen-bond donors (Lipinski definition) is 3. The van der Waals surface area contributed by atoms with Crippen LogP contribution in [0.1, 0.15) is 26.7 Å². The van der Waals surface area contributed by atoms with E-state index in [4.69, 9.17) is 0 Å². The summed E-state index contributed by atoms with van der Waals surface area (Å²) in [6.45, 7) is 5.09. The molecule has 1 atom stereocenters. The number of nitrogens with one attached hydrogen (secondary N) is 2. The van der Waals surface area contributed by atoms with Crippen molar-refractivity contribution in [2.24, 2.45) is 5.92 Å². The Kier molecular flexibility index (Phi) is 7.29. The fourth-order valence-corrected chi connectivity index (χ4v) is 0.835. The second kappa shape index (κ2) is 7.43. The summed E-state index contributed by atoms with van der Waals surface area (Å²) in [7, 11) is 0. The van der Waals surface area contributed by atoms with Crippen LogP contribution >= 0.6 is 12.6 Å². The molecule has 0 aromatic carbocycles. The summed E-state index contributed by atoms with van der Waals surface area (Å²) in [6.07, 6.45) is 1.59. The van der Waals surface area contributed by atoms with Crippen molar-refractivity contribution >= 4 is 18.5 Å². The zero-order valence-electron chi connectivity index (χ0n) is 7.76. The van der Waals surface area contributed by atoms with Crippen molar-refractivity contribution < 1.29 is 4.79 Å². The topological polar surface area (TPSA) is 41.1 Å². The molecule has 3 nitrogen and oxygen atoms in total. The predicted octanol–water partition coefficient (Wildman–Crippen LogP) is 0.973. The highest BCUT2D eigenvalue weighted by Crippen LogP contribution is 1.95. The van der Waals surface area contributed by atoms with Crippen LogP contribution in [0.3, 0.4) is 0 Å². The van der Waals surface area contributed by atoms with E-state index in [0.29, 0.717) is 18.1 Å². The first-order chi connectivity index (χ1) is 5.70. The second-order valence-electron chi connectivity index (χ2n) is 2.92. The van der Waals surface area contributed by atoms with Gasteiger partial charge in [-0.1, -0.05) is 20.3 Å². The molecule has 12 heavy (non-hydrogen) atoms. The zero-order chi connectivity index (χ0) is 9.40. The lowest BCUT2D eigenvalue weighted by Gasteiger charge is -2.10. The first kappa shape index (κ1) is 11.8. The van der Waals surface area contributed by atoms with Crippen LogP contribution in [0.25, 0.3) is 0 Å². The molecule has 0 saturated heterocycles. The molecule has 0 saturated carbocycles. The van der Waals surface area contributed by atoms with Gasteiger partial charge >= 0.3 is 0 Å². The SMILES string of the molecule is CCC(C)CNNC(=O)CCS. The summed E-state index contributed by atoms with van der Waals surface area (Å²) < 4.78 is 0. The van der Waals surface area contributed by atoms with E-state index in [0.717, 1.165) is 13.0 Å². The Balaban J connectivity index is 3.24. The van der Waals surface area contributed by atoms with Gasteiger partial charge in [0, 0.05) is 13.0 Å². The summed E-state index contributed by atoms with van der Waals surface area (Å²) in [5, 5.41) is 0. The molecule has 0 rings (SSSR count). The van der Waals surface area contributed by atoms with E-state index in [2.05, 4.69) is 37.3 Å². The van der Waals surface area contributed by atoms with Crippen LogP contribution in [0.15, 0.2) is 0 Å². The molecule has 0 bridgehead atoms. The summed E-state index contributed by atoms with van der Waals surface area (Å²) in [5.74, 6) is 1.20. The Labute approximate surface area is 79.7 Å². The largest absolute Gasteiger partial charge is 0.292 e. The lowest BCUT2D eigenvalue weighted by Crippen LogP contribution is -2.39. The number of amides is 1. The zero-order valence-corrected chi connectivity index (χ0v) is 8.66. The van der Waals surface area contributed by atoms with Gasteiger partial charge in [-0.05, 0) is 11.7 Å². The van der Waals surface area contributed by atoms with Crippen LogP contribution in [0.4, 0.5) is 0 Å². The maximum Gasteiger partial charge on any atom is 0.234 e. The summed E-state index contributed by atoms with van der Waals surface area (Å²) in [6, 6.07) is 0. The van der Waals surface area contributed by atoms with E-state index in [9.17, 15) is 4.79 Å². The molecule has 0 aliphatic carbocycles. The van der Waals surface area contributed by atoms with E-state index in [1.165, 1.54) is 0 Å². The quantitative estimate of drug-likeness (QED) is 0.431. The van der Waals surface area contributed by atoms with Gasteiger partial charge in [0.2, 0.25) is 5.91 Å². The molecule has 72 valence electrons. The molecule has 0 spiro atoms. The predicted molar refractivity (Wildman–Crippen MR) is 54.1 cm³/mol. The normalized spacial score (nSPS) is 12.6. The first-order valence-corrected chi connectivity index (χ1v) is 4.96. The van der Waals surface area contributed by atoms with E-state index < -0.39 is 0 Å². The van der Waals surface area contributed by atoms with E-state index in [1.54, 1.807) is 0 Å². The van der Waals surface area contributed by atoms with E-state index in [-0.39, 0.29) is 5.91 Å². The second-order valence-corrected chi connectivity index (χ2v) is 3.36. The van der Waals surface area contributed by atoms with Gasteiger partial charge < -0.3 is 0 Å². The Morgan fingerprint density at radius 3 is 2.75 bits per heavy atom. The van der Waals surface area contributed by atoms with Crippen molar-refractivity contribution in [1.29, 1.82) is 0 Å². The van der Waals surface area contributed by atoms with Crippen molar-refractivity contribution in [3.63, 3.8) is 0 Å². The van der Waals surface area contributed by atoms with Crippen LogP contribution < -0.4 is 10.9 Å². The summed E-state index contributed by atoms with van der Waals surface area (Å²) >= 11 is 3.95. The molecular weight excluding hydrogens is 172 g/mol. The van der Waals surface area contributed by atoms with E-state index >= 15 is 0 Å². The molecule has 1 amide bonds. The monoisotopic (exact) mass is 190 g/mol. The highest BCUT2D eigenvalue weighted by atomic mass is 32.1. The maximum absolute atomic E-state index is 10.9. The molecule has 0 aromatic rings. The van der Waals surface area contributed by atoms with Gasteiger partial charge in [0.1, 0.15) is 0 Å². The number of hydrogen-bond acceptors (Lipinski definition) is 3. The van der Waals surface area contributed by atoms with Gasteiger partial charge in [0.05, 0.1) is 0 Å². The van der Waals surface area contributed by atoms with Crippen molar-refractivity contribution in [2.45, 2.75) is 26.7 Å². The van der Waals surface area contributed by atoms with Crippen LogP contribution in [0.2, 0.25) is 0 Å². The highest BCUT2D eigenvalue weighted by Gasteiger charge is 2.00. The molecular formula is C8H18N2OS. The van der Waals surface area contributed by atoms with E-state index in [1.807, 2.05) is 0 Å². The average molecular weight is 190 g/mol. The van der Waals surface area contributed by atoms with Crippen molar-refractivity contribution in [1.82, 2.24) is 10.9 Å². The van der Waals surface area contributed by atoms with Gasteiger partial charge in [0.15, 0.2) is 0 Å². The Hall–Kier alpha value is -0.220. The minimum Gasteiger partial charge on any atom is -0.292 e. The fourth-order valence-electron chi connectivity index (χ4n) is 0.632. The molecule has 0 aliphatic heterocycles. The molecule has 4 heteroatoms. The lowest BCUT2D eigenvalue weighted by molar-refractivity contribution is -0.121. The smallest absolute Gasteiger partial charge is 0.234 e. The summed E-state index contributed by atoms with van der Waals surface area (Å²) in [4.78, 5) is 10.9. The number of rotatable bonds is 6. The first-order valence-electron chi connectivity index (χ1n) is 4.33. The molecule has 0 radical (unpaired) electrons. The van der Waals surface area contributed by atoms with Crippen molar-refractivity contribution in [3.05, 3.63) is 0 Å². The molecule has 2 N–H and O–H groups in total. The van der Waals surface area contributed by atoms with Gasteiger partial charge in [-0.15, -0.1) is 0 Å².